The zero-order chi connectivity index (χ0) is 15.2. The molecule has 0 spiro atoms. The maximum atomic E-state index is 12.0. The smallest absolute Gasteiger partial charge is 0.258 e. The van der Waals surface area contributed by atoms with Crippen LogP contribution in [0.25, 0.3) is 0 Å². The Bertz CT molecular complexity index is 471. The van der Waals surface area contributed by atoms with E-state index >= 15 is 0 Å². The van der Waals surface area contributed by atoms with Crippen LogP contribution in [0.5, 0.6) is 5.75 Å². The molecule has 1 aliphatic carbocycles. The number of carbonyl (C=O) groups is 1. The number of amides is 1. The van der Waals surface area contributed by atoms with E-state index in [0.717, 1.165) is 34.2 Å². The van der Waals surface area contributed by atoms with Crippen molar-refractivity contribution in [3.05, 3.63) is 27.7 Å². The van der Waals surface area contributed by atoms with Gasteiger partial charge in [0.05, 0.1) is 0 Å². The minimum absolute atomic E-state index is 0.0105. The molecule has 1 saturated carbocycles. The van der Waals surface area contributed by atoms with Gasteiger partial charge in [0.25, 0.3) is 5.91 Å². The second-order valence-corrected chi connectivity index (χ2v) is 6.83. The third kappa shape index (κ3) is 5.03. The number of hydrogen-bond acceptors (Lipinski definition) is 2. The fourth-order valence-corrected chi connectivity index (χ4v) is 3.64. The molecule has 0 saturated heterocycles. The first-order valence-electron chi connectivity index (χ1n) is 7.75. The van der Waals surface area contributed by atoms with Crippen LogP contribution in [0.4, 0.5) is 0 Å². The average Bonchev–Trinajstić information content (AvgIpc) is 2.66. The number of carbonyl (C=O) groups excluding carboxylic acids is 1. The summed E-state index contributed by atoms with van der Waals surface area (Å²) >= 11 is 3.47. The zero-order valence-electron chi connectivity index (χ0n) is 12.9. The van der Waals surface area contributed by atoms with E-state index in [9.17, 15) is 4.79 Å². The maximum absolute atomic E-state index is 12.0. The van der Waals surface area contributed by atoms with Gasteiger partial charge in [-0.15, -0.1) is 0 Å². The Balaban J connectivity index is 1.86. The third-order valence-electron chi connectivity index (χ3n) is 3.99. The molecule has 1 aromatic carbocycles. The van der Waals surface area contributed by atoms with Crippen LogP contribution in [0.1, 0.15) is 49.7 Å². The van der Waals surface area contributed by atoms with Crippen LogP contribution < -0.4 is 10.1 Å². The Labute approximate surface area is 135 Å². The number of benzene rings is 1. The van der Waals surface area contributed by atoms with E-state index in [0.29, 0.717) is 6.04 Å². The van der Waals surface area contributed by atoms with Gasteiger partial charge in [-0.3, -0.25) is 4.79 Å². The Hall–Kier alpha value is -1.03. The van der Waals surface area contributed by atoms with Crippen molar-refractivity contribution in [2.75, 3.05) is 6.61 Å². The normalized spacial score (nSPS) is 16.3. The lowest BCUT2D eigenvalue weighted by atomic mass is 10.1. The summed E-state index contributed by atoms with van der Waals surface area (Å²) in [4.78, 5) is 12.0. The molecule has 2 rings (SSSR count). The molecule has 0 aromatic heterocycles. The maximum Gasteiger partial charge on any atom is 0.258 e. The summed E-state index contributed by atoms with van der Waals surface area (Å²) in [5.74, 6) is 0.804. The average molecular weight is 354 g/mol. The van der Waals surface area contributed by atoms with E-state index in [2.05, 4.69) is 21.2 Å². The van der Waals surface area contributed by atoms with Crippen molar-refractivity contribution in [1.29, 1.82) is 0 Å². The number of ether oxygens (including phenoxy) is 1. The minimum Gasteiger partial charge on any atom is -0.483 e. The first-order valence-corrected chi connectivity index (χ1v) is 8.54. The summed E-state index contributed by atoms with van der Waals surface area (Å²) in [7, 11) is 0. The Kier molecular flexibility index (Phi) is 6.09. The SMILES string of the molecule is Cc1cc(Br)cc(C)c1OCC(=O)NC1CCCCCC1. The lowest BCUT2D eigenvalue weighted by Gasteiger charge is -2.17. The summed E-state index contributed by atoms with van der Waals surface area (Å²) < 4.78 is 6.76. The number of aryl methyl sites for hydroxylation is 2. The molecule has 0 radical (unpaired) electrons. The largest absolute Gasteiger partial charge is 0.483 e. The van der Waals surface area contributed by atoms with E-state index in [-0.39, 0.29) is 12.5 Å². The van der Waals surface area contributed by atoms with Crippen molar-refractivity contribution >= 4 is 21.8 Å². The molecule has 1 amide bonds. The van der Waals surface area contributed by atoms with Crippen molar-refractivity contribution in [3.63, 3.8) is 0 Å². The highest BCUT2D eigenvalue weighted by molar-refractivity contribution is 9.10. The lowest BCUT2D eigenvalue weighted by molar-refractivity contribution is -0.123. The van der Waals surface area contributed by atoms with Gasteiger partial charge in [0.1, 0.15) is 5.75 Å². The van der Waals surface area contributed by atoms with Crippen LogP contribution >= 0.6 is 15.9 Å². The predicted molar refractivity (Wildman–Crippen MR) is 88.7 cm³/mol. The Morgan fingerprint density at radius 1 is 1.19 bits per heavy atom. The van der Waals surface area contributed by atoms with Crippen molar-refractivity contribution in [2.24, 2.45) is 0 Å². The van der Waals surface area contributed by atoms with Gasteiger partial charge < -0.3 is 10.1 Å². The number of halogens is 1. The topological polar surface area (TPSA) is 38.3 Å². The highest BCUT2D eigenvalue weighted by Crippen LogP contribution is 2.27. The van der Waals surface area contributed by atoms with Crippen LogP contribution in [-0.4, -0.2) is 18.6 Å². The first kappa shape index (κ1) is 16.3. The predicted octanol–water partition coefficient (Wildman–Crippen LogP) is 4.28. The molecule has 3 nitrogen and oxygen atoms in total. The lowest BCUT2D eigenvalue weighted by Crippen LogP contribution is -2.37. The van der Waals surface area contributed by atoms with Gasteiger partial charge in [0.15, 0.2) is 6.61 Å². The van der Waals surface area contributed by atoms with Crippen molar-refractivity contribution in [2.45, 2.75) is 58.4 Å². The van der Waals surface area contributed by atoms with Crippen LogP contribution in [0.3, 0.4) is 0 Å². The standard InChI is InChI=1S/C17H24BrNO2/c1-12-9-14(18)10-13(2)17(12)21-11-16(20)19-15-7-5-3-4-6-8-15/h9-10,15H,3-8,11H2,1-2H3,(H,19,20). The van der Waals surface area contributed by atoms with Gasteiger partial charge in [-0.2, -0.15) is 0 Å². The molecule has 0 bridgehead atoms. The number of hydrogen-bond donors (Lipinski definition) is 1. The van der Waals surface area contributed by atoms with Gasteiger partial charge in [-0.25, -0.2) is 0 Å². The molecule has 21 heavy (non-hydrogen) atoms. The van der Waals surface area contributed by atoms with Crippen molar-refractivity contribution < 1.29 is 9.53 Å². The summed E-state index contributed by atoms with van der Waals surface area (Å²) in [5, 5.41) is 3.11. The molecule has 0 heterocycles. The molecule has 0 atom stereocenters. The van der Waals surface area contributed by atoms with E-state index < -0.39 is 0 Å². The summed E-state index contributed by atoms with van der Waals surface area (Å²) in [6.07, 6.45) is 7.22. The highest BCUT2D eigenvalue weighted by Gasteiger charge is 2.15. The van der Waals surface area contributed by atoms with Crippen LogP contribution in [-0.2, 0) is 4.79 Å². The van der Waals surface area contributed by atoms with Crippen molar-refractivity contribution in [3.8, 4) is 5.75 Å². The zero-order valence-corrected chi connectivity index (χ0v) is 14.5. The second-order valence-electron chi connectivity index (χ2n) is 5.91. The fraction of sp³-hybridized carbons (Fsp3) is 0.588. The van der Waals surface area contributed by atoms with E-state index in [1.165, 1.54) is 25.7 Å². The molecule has 1 aromatic rings. The van der Waals surface area contributed by atoms with Crippen LogP contribution in [0, 0.1) is 13.8 Å². The van der Waals surface area contributed by atoms with Crippen LogP contribution in [0.2, 0.25) is 0 Å². The molecule has 116 valence electrons. The fourth-order valence-electron chi connectivity index (χ4n) is 2.96. The minimum atomic E-state index is -0.0105. The van der Waals surface area contributed by atoms with E-state index in [4.69, 9.17) is 4.74 Å². The molecule has 1 N–H and O–H groups in total. The molecular formula is C17H24BrNO2. The quantitative estimate of drug-likeness (QED) is 0.820. The number of rotatable bonds is 4. The van der Waals surface area contributed by atoms with E-state index in [1.807, 2.05) is 26.0 Å². The summed E-state index contributed by atoms with van der Waals surface area (Å²) in [6, 6.07) is 4.34. The molecule has 1 fully saturated rings. The van der Waals surface area contributed by atoms with Gasteiger partial charge in [-0.05, 0) is 49.9 Å². The monoisotopic (exact) mass is 353 g/mol. The van der Waals surface area contributed by atoms with Gasteiger partial charge in [-0.1, -0.05) is 41.6 Å². The van der Waals surface area contributed by atoms with Gasteiger partial charge in [0, 0.05) is 10.5 Å². The summed E-state index contributed by atoms with van der Waals surface area (Å²) in [6.45, 7) is 4.09. The molecule has 0 unspecified atom stereocenters. The number of nitrogens with one attached hydrogen (secondary N) is 1. The third-order valence-corrected chi connectivity index (χ3v) is 4.45. The molecule has 1 aliphatic rings. The van der Waals surface area contributed by atoms with E-state index in [1.54, 1.807) is 0 Å². The molecular weight excluding hydrogens is 330 g/mol. The second kappa shape index (κ2) is 7.83. The van der Waals surface area contributed by atoms with Gasteiger partial charge >= 0.3 is 0 Å². The highest BCUT2D eigenvalue weighted by atomic mass is 79.9. The Morgan fingerprint density at radius 2 is 1.76 bits per heavy atom. The van der Waals surface area contributed by atoms with Crippen molar-refractivity contribution in [1.82, 2.24) is 5.32 Å². The van der Waals surface area contributed by atoms with Gasteiger partial charge in [0.2, 0.25) is 0 Å². The molecule has 0 aliphatic heterocycles. The Morgan fingerprint density at radius 3 is 2.33 bits per heavy atom. The summed E-state index contributed by atoms with van der Waals surface area (Å²) in [5.41, 5.74) is 2.09. The first-order chi connectivity index (χ1) is 10.1. The van der Waals surface area contributed by atoms with Crippen LogP contribution in [0.15, 0.2) is 16.6 Å². The molecule has 4 heteroatoms.